The van der Waals surface area contributed by atoms with E-state index < -0.39 is 18.8 Å². The van der Waals surface area contributed by atoms with Crippen molar-refractivity contribution in [2.24, 2.45) is 0 Å². The largest absolute Gasteiger partial charge is 0.468 e. The Labute approximate surface area is 188 Å². The quantitative estimate of drug-likeness (QED) is 0.551. The third-order valence-corrected chi connectivity index (χ3v) is 5.32. The number of fused-ring (bicyclic) bond motifs is 1. The second-order valence-corrected chi connectivity index (χ2v) is 7.79. The molecule has 1 unspecified atom stereocenters. The van der Waals surface area contributed by atoms with Gasteiger partial charge in [-0.3, -0.25) is 14.6 Å². The Morgan fingerprint density at radius 1 is 1.36 bits per heavy atom. The van der Waals surface area contributed by atoms with Crippen LogP contribution in [0.15, 0.2) is 24.5 Å². The van der Waals surface area contributed by atoms with E-state index in [2.05, 4.69) is 15.3 Å². The molecule has 0 aliphatic carbocycles. The summed E-state index contributed by atoms with van der Waals surface area (Å²) in [5, 5.41) is 11.5. The number of halogens is 3. The number of aliphatic hydroxyl groups is 1. The molecule has 0 fully saturated rings. The fraction of sp³-hybridized carbons (Fsp3) is 0.455. The molecule has 33 heavy (non-hydrogen) atoms. The van der Waals surface area contributed by atoms with Gasteiger partial charge in [0.25, 0.3) is 5.91 Å². The lowest BCUT2D eigenvalue weighted by Crippen LogP contribution is -2.28. The summed E-state index contributed by atoms with van der Waals surface area (Å²) >= 11 is 0. The number of rotatable bonds is 9. The van der Waals surface area contributed by atoms with Crippen LogP contribution in [0.4, 0.5) is 13.2 Å². The number of alkyl halides is 3. The van der Waals surface area contributed by atoms with Gasteiger partial charge in [-0.05, 0) is 38.0 Å². The van der Waals surface area contributed by atoms with Gasteiger partial charge in [0.05, 0.1) is 18.2 Å². The van der Waals surface area contributed by atoms with Gasteiger partial charge in [-0.15, -0.1) is 0 Å². The Bertz CT molecular complexity index is 1030. The number of aryl methyl sites for hydroxylation is 1. The average Bonchev–Trinajstić information content (AvgIpc) is 3.09. The highest BCUT2D eigenvalue weighted by molar-refractivity contribution is 5.99. The first-order valence-corrected chi connectivity index (χ1v) is 10.4. The molecule has 2 aromatic rings. The molecule has 11 heteroatoms. The van der Waals surface area contributed by atoms with Crippen LogP contribution in [0.2, 0.25) is 0 Å². The van der Waals surface area contributed by atoms with E-state index in [9.17, 15) is 22.8 Å². The molecule has 8 nitrogen and oxygen atoms in total. The summed E-state index contributed by atoms with van der Waals surface area (Å²) in [5.74, 6) is -0.590. The Morgan fingerprint density at radius 3 is 2.79 bits per heavy atom. The van der Waals surface area contributed by atoms with Crippen molar-refractivity contribution in [3.63, 3.8) is 0 Å². The first-order chi connectivity index (χ1) is 15.6. The van der Waals surface area contributed by atoms with Gasteiger partial charge in [-0.25, -0.2) is 4.98 Å². The summed E-state index contributed by atoms with van der Waals surface area (Å²) in [6, 6.07) is 2.83. The Kier molecular flexibility index (Phi) is 7.52. The van der Waals surface area contributed by atoms with E-state index in [4.69, 9.17) is 9.84 Å². The monoisotopic (exact) mass is 466 g/mol. The lowest BCUT2D eigenvalue weighted by Gasteiger charge is -2.25. The van der Waals surface area contributed by atoms with Crippen LogP contribution in [0.1, 0.15) is 52.1 Å². The number of pyridine rings is 2. The standard InChI is InChI=1S/C22H25F3N4O4/c1-13-8-15(10-28-20(13)33-12-22(23,24)25)14(2)29-11-17-16(21(29)32)4-6-26-18(17)9-19(31)27-5-3-7-30/h4,6,8,10,14,30H,3,5,7,9,11-12H2,1-2H3,(H,27,31). The van der Waals surface area contributed by atoms with Gasteiger partial charge >= 0.3 is 6.18 Å². The smallest absolute Gasteiger partial charge is 0.422 e. The molecular weight excluding hydrogens is 441 g/mol. The summed E-state index contributed by atoms with van der Waals surface area (Å²) in [7, 11) is 0. The van der Waals surface area contributed by atoms with Crippen molar-refractivity contribution in [3.8, 4) is 5.88 Å². The number of amides is 2. The van der Waals surface area contributed by atoms with Gasteiger partial charge in [0.1, 0.15) is 0 Å². The molecule has 0 saturated heterocycles. The minimum absolute atomic E-state index is 0.00993. The zero-order chi connectivity index (χ0) is 24.2. The van der Waals surface area contributed by atoms with Gasteiger partial charge in [0, 0.05) is 48.8 Å². The highest BCUT2D eigenvalue weighted by Gasteiger charge is 2.34. The maximum atomic E-state index is 13.0. The molecule has 2 aromatic heterocycles. The minimum atomic E-state index is -4.46. The predicted molar refractivity (Wildman–Crippen MR) is 111 cm³/mol. The Balaban J connectivity index is 1.73. The SMILES string of the molecule is Cc1cc(C(C)N2Cc3c(ccnc3CC(=O)NCCCO)C2=O)cnc1OCC(F)(F)F. The van der Waals surface area contributed by atoms with Gasteiger partial charge in [0.15, 0.2) is 6.61 Å². The van der Waals surface area contributed by atoms with Crippen molar-refractivity contribution in [1.29, 1.82) is 0 Å². The van der Waals surface area contributed by atoms with Crippen LogP contribution >= 0.6 is 0 Å². The van der Waals surface area contributed by atoms with E-state index in [1.54, 1.807) is 30.9 Å². The maximum Gasteiger partial charge on any atom is 0.422 e. The fourth-order valence-corrected chi connectivity index (χ4v) is 3.59. The van der Waals surface area contributed by atoms with E-state index in [1.165, 1.54) is 12.4 Å². The van der Waals surface area contributed by atoms with Crippen molar-refractivity contribution in [2.45, 2.75) is 45.5 Å². The molecule has 0 bridgehead atoms. The van der Waals surface area contributed by atoms with E-state index in [-0.39, 0.29) is 37.3 Å². The van der Waals surface area contributed by atoms with Gasteiger partial charge in [0.2, 0.25) is 11.8 Å². The van der Waals surface area contributed by atoms with Crippen LogP contribution in [0.3, 0.4) is 0 Å². The summed E-state index contributed by atoms with van der Waals surface area (Å²) < 4.78 is 42.0. The van der Waals surface area contributed by atoms with Gasteiger partial charge < -0.3 is 20.1 Å². The van der Waals surface area contributed by atoms with E-state index in [0.29, 0.717) is 40.9 Å². The number of aliphatic hydroxyl groups excluding tert-OH is 1. The first-order valence-electron chi connectivity index (χ1n) is 10.4. The summed E-state index contributed by atoms with van der Waals surface area (Å²) in [5.41, 5.74) is 2.70. The second kappa shape index (κ2) is 10.2. The molecule has 1 atom stereocenters. The van der Waals surface area contributed by atoms with Crippen molar-refractivity contribution in [3.05, 3.63) is 52.5 Å². The van der Waals surface area contributed by atoms with Crippen molar-refractivity contribution < 1.29 is 32.6 Å². The third-order valence-electron chi connectivity index (χ3n) is 5.32. The molecule has 1 aliphatic rings. The molecule has 0 saturated carbocycles. The number of hydrogen-bond donors (Lipinski definition) is 2. The summed E-state index contributed by atoms with van der Waals surface area (Å²) in [6.45, 7) is 2.52. The zero-order valence-corrected chi connectivity index (χ0v) is 18.3. The first kappa shape index (κ1) is 24.4. The van der Waals surface area contributed by atoms with E-state index >= 15 is 0 Å². The Hall–Kier alpha value is -3.21. The number of ether oxygens (including phenoxy) is 1. The molecule has 3 rings (SSSR count). The topological polar surface area (TPSA) is 105 Å². The van der Waals surface area contributed by atoms with Crippen LogP contribution in [-0.4, -0.2) is 57.7 Å². The summed E-state index contributed by atoms with van der Waals surface area (Å²) in [4.78, 5) is 35.1. The van der Waals surface area contributed by atoms with E-state index in [0.717, 1.165) is 0 Å². The van der Waals surface area contributed by atoms with Crippen molar-refractivity contribution >= 4 is 11.8 Å². The molecule has 2 N–H and O–H groups in total. The summed E-state index contributed by atoms with van der Waals surface area (Å²) in [6.07, 6.45) is -1.12. The van der Waals surface area contributed by atoms with Crippen LogP contribution in [-0.2, 0) is 17.8 Å². The van der Waals surface area contributed by atoms with E-state index in [1.807, 2.05) is 0 Å². The molecule has 0 spiro atoms. The number of hydrogen-bond acceptors (Lipinski definition) is 6. The number of aromatic nitrogens is 2. The fourth-order valence-electron chi connectivity index (χ4n) is 3.59. The molecule has 0 radical (unpaired) electrons. The lowest BCUT2D eigenvalue weighted by molar-refractivity contribution is -0.154. The third kappa shape index (κ3) is 5.98. The second-order valence-electron chi connectivity index (χ2n) is 7.79. The molecule has 3 heterocycles. The molecule has 1 aliphatic heterocycles. The normalized spacial score (nSPS) is 14.2. The average molecular weight is 466 g/mol. The zero-order valence-electron chi connectivity index (χ0n) is 18.3. The predicted octanol–water partition coefficient (Wildman–Crippen LogP) is 2.48. The molecule has 178 valence electrons. The van der Waals surface area contributed by atoms with Crippen LogP contribution in [0.25, 0.3) is 0 Å². The highest BCUT2D eigenvalue weighted by atomic mass is 19.4. The number of carbonyl (C=O) groups is 2. The number of carbonyl (C=O) groups excluding carboxylic acids is 2. The molecular formula is C22H25F3N4O4. The number of nitrogens with zero attached hydrogens (tertiary/aromatic N) is 3. The number of nitrogens with one attached hydrogen (secondary N) is 1. The molecule has 0 aromatic carbocycles. The van der Waals surface area contributed by atoms with Crippen LogP contribution in [0.5, 0.6) is 5.88 Å². The van der Waals surface area contributed by atoms with Crippen LogP contribution < -0.4 is 10.1 Å². The minimum Gasteiger partial charge on any atom is -0.468 e. The molecule has 2 amide bonds. The van der Waals surface area contributed by atoms with Crippen molar-refractivity contribution in [2.75, 3.05) is 19.8 Å². The van der Waals surface area contributed by atoms with Gasteiger partial charge in [-0.1, -0.05) is 0 Å². The lowest BCUT2D eigenvalue weighted by atomic mass is 10.1. The maximum absolute atomic E-state index is 13.0. The van der Waals surface area contributed by atoms with Gasteiger partial charge in [-0.2, -0.15) is 13.2 Å². The van der Waals surface area contributed by atoms with Crippen LogP contribution in [0, 0.1) is 6.92 Å². The Morgan fingerprint density at radius 2 is 2.12 bits per heavy atom. The highest BCUT2D eigenvalue weighted by Crippen LogP contribution is 2.33. The van der Waals surface area contributed by atoms with Crippen molar-refractivity contribution in [1.82, 2.24) is 20.2 Å².